The van der Waals surface area contributed by atoms with E-state index in [1.54, 1.807) is 0 Å². The van der Waals surface area contributed by atoms with Crippen molar-refractivity contribution in [1.29, 1.82) is 0 Å². The summed E-state index contributed by atoms with van der Waals surface area (Å²) in [5.74, 6) is -2.86. The van der Waals surface area contributed by atoms with E-state index in [9.17, 15) is 24.0 Å². The van der Waals surface area contributed by atoms with E-state index in [1.807, 2.05) is 13.8 Å². The Balaban J connectivity index is 1.86. The van der Waals surface area contributed by atoms with Crippen molar-refractivity contribution in [3.05, 3.63) is 0 Å². The van der Waals surface area contributed by atoms with Crippen molar-refractivity contribution in [2.24, 2.45) is 11.8 Å². The quantitative estimate of drug-likeness (QED) is 0.663. The van der Waals surface area contributed by atoms with Crippen molar-refractivity contribution in [1.82, 2.24) is 9.96 Å². The van der Waals surface area contributed by atoms with Gasteiger partial charge in [0.1, 0.15) is 0 Å². The smallest absolute Gasteiger partial charge is 0.330 e. The Morgan fingerprint density at radius 2 is 1.73 bits per heavy atom. The van der Waals surface area contributed by atoms with Crippen LogP contribution in [0.5, 0.6) is 0 Å². The monoisotopic (exact) mass is 310 g/mol. The molecule has 2 aliphatic heterocycles. The van der Waals surface area contributed by atoms with Crippen LogP contribution in [0.25, 0.3) is 0 Å². The predicted molar refractivity (Wildman–Crippen MR) is 71.5 cm³/mol. The molecular weight excluding hydrogens is 292 g/mol. The molecule has 1 atom stereocenters. The molecule has 2 rings (SSSR count). The van der Waals surface area contributed by atoms with Crippen molar-refractivity contribution in [3.8, 4) is 0 Å². The highest BCUT2D eigenvalue weighted by Gasteiger charge is 2.40. The zero-order chi connectivity index (χ0) is 16.4. The Bertz CT molecular complexity index is 525. The molecule has 8 nitrogen and oxygen atoms in total. The zero-order valence-corrected chi connectivity index (χ0v) is 12.5. The van der Waals surface area contributed by atoms with Crippen LogP contribution < -0.4 is 0 Å². The van der Waals surface area contributed by atoms with Crippen molar-refractivity contribution < 1.29 is 28.8 Å². The highest BCUT2D eigenvalue weighted by molar-refractivity contribution is 6.04. The maximum absolute atomic E-state index is 12.1. The first-order chi connectivity index (χ1) is 10.3. The summed E-state index contributed by atoms with van der Waals surface area (Å²) in [5, 5.41) is 0.451. The van der Waals surface area contributed by atoms with Crippen LogP contribution in [0.2, 0.25) is 0 Å². The fourth-order valence-electron chi connectivity index (χ4n) is 2.47. The molecule has 120 valence electrons. The van der Waals surface area contributed by atoms with E-state index in [4.69, 9.17) is 0 Å². The van der Waals surface area contributed by atoms with Crippen LogP contribution in [0.1, 0.15) is 39.5 Å². The lowest BCUT2D eigenvalue weighted by Crippen LogP contribution is -2.36. The number of likely N-dealkylation sites (tertiary alicyclic amines) is 1. The van der Waals surface area contributed by atoms with Gasteiger partial charge in [0.05, 0.1) is 6.42 Å². The number of rotatable bonds is 5. The first-order valence-corrected chi connectivity index (χ1v) is 7.22. The topological polar surface area (TPSA) is 101 Å². The van der Waals surface area contributed by atoms with Gasteiger partial charge < -0.3 is 4.84 Å². The third kappa shape index (κ3) is 3.15. The lowest BCUT2D eigenvalue weighted by molar-refractivity contribution is -0.197. The van der Waals surface area contributed by atoms with Crippen LogP contribution in [0.4, 0.5) is 0 Å². The summed E-state index contributed by atoms with van der Waals surface area (Å²) >= 11 is 0. The molecule has 2 fully saturated rings. The maximum atomic E-state index is 12.1. The molecule has 0 aliphatic carbocycles. The van der Waals surface area contributed by atoms with Gasteiger partial charge in [-0.1, -0.05) is 13.8 Å². The maximum Gasteiger partial charge on any atom is 0.335 e. The van der Waals surface area contributed by atoms with Gasteiger partial charge in [-0.15, -0.1) is 5.06 Å². The fourth-order valence-corrected chi connectivity index (χ4v) is 2.47. The van der Waals surface area contributed by atoms with E-state index in [-0.39, 0.29) is 55.9 Å². The molecule has 0 saturated carbocycles. The number of amides is 4. The van der Waals surface area contributed by atoms with Crippen LogP contribution in [-0.4, -0.2) is 46.1 Å². The van der Waals surface area contributed by atoms with Crippen molar-refractivity contribution in [3.63, 3.8) is 0 Å². The fraction of sp³-hybridized carbons (Fsp3) is 0.643. The first kappa shape index (κ1) is 16.1. The predicted octanol–water partition coefficient (Wildman–Crippen LogP) is 0.0148. The summed E-state index contributed by atoms with van der Waals surface area (Å²) in [7, 11) is 0. The Morgan fingerprint density at radius 3 is 2.23 bits per heavy atom. The SMILES string of the molecule is CC(C)C1CC(=O)N(CCC(=O)ON2C(=O)CCC2=O)C1=O. The average Bonchev–Trinajstić information content (AvgIpc) is 2.91. The Kier molecular flexibility index (Phi) is 4.58. The molecule has 0 aromatic rings. The summed E-state index contributed by atoms with van der Waals surface area (Å²) in [6, 6.07) is 0. The molecule has 22 heavy (non-hydrogen) atoms. The minimum Gasteiger partial charge on any atom is -0.330 e. The van der Waals surface area contributed by atoms with Crippen LogP contribution in [0.15, 0.2) is 0 Å². The Labute approximate surface area is 127 Å². The number of nitrogens with zero attached hydrogens (tertiary/aromatic N) is 2. The van der Waals surface area contributed by atoms with E-state index >= 15 is 0 Å². The van der Waals surface area contributed by atoms with E-state index < -0.39 is 17.8 Å². The molecule has 0 aromatic carbocycles. The van der Waals surface area contributed by atoms with Gasteiger partial charge in [-0.2, -0.15) is 0 Å². The second-order valence-corrected chi connectivity index (χ2v) is 5.73. The first-order valence-electron chi connectivity index (χ1n) is 7.22. The van der Waals surface area contributed by atoms with Gasteiger partial charge in [0, 0.05) is 31.7 Å². The molecule has 2 saturated heterocycles. The zero-order valence-electron chi connectivity index (χ0n) is 12.5. The number of hydrogen-bond donors (Lipinski definition) is 0. The molecule has 4 amide bonds. The van der Waals surface area contributed by atoms with Crippen molar-refractivity contribution in [2.75, 3.05) is 6.54 Å². The summed E-state index contributed by atoms with van der Waals surface area (Å²) in [5.41, 5.74) is 0. The summed E-state index contributed by atoms with van der Waals surface area (Å²) in [4.78, 5) is 63.9. The number of carbonyl (C=O) groups excluding carboxylic acids is 5. The van der Waals surface area contributed by atoms with Gasteiger partial charge in [0.15, 0.2) is 0 Å². The molecule has 0 bridgehead atoms. The highest BCUT2D eigenvalue weighted by atomic mass is 16.7. The molecule has 2 heterocycles. The lowest BCUT2D eigenvalue weighted by atomic mass is 9.94. The van der Waals surface area contributed by atoms with Gasteiger partial charge in [-0.25, -0.2) is 4.79 Å². The molecule has 0 spiro atoms. The van der Waals surface area contributed by atoms with Crippen LogP contribution >= 0.6 is 0 Å². The number of carbonyl (C=O) groups is 5. The van der Waals surface area contributed by atoms with Crippen LogP contribution in [0, 0.1) is 11.8 Å². The Morgan fingerprint density at radius 1 is 1.14 bits per heavy atom. The number of hydrogen-bond acceptors (Lipinski definition) is 6. The summed E-state index contributed by atoms with van der Waals surface area (Å²) < 4.78 is 0. The van der Waals surface area contributed by atoms with Gasteiger partial charge in [0.25, 0.3) is 11.8 Å². The normalized spacial score (nSPS) is 22.2. The highest BCUT2D eigenvalue weighted by Crippen LogP contribution is 2.26. The van der Waals surface area contributed by atoms with Crippen LogP contribution in [-0.2, 0) is 28.8 Å². The third-order valence-electron chi connectivity index (χ3n) is 3.82. The van der Waals surface area contributed by atoms with Crippen molar-refractivity contribution >= 4 is 29.6 Å². The van der Waals surface area contributed by atoms with Crippen LogP contribution in [0.3, 0.4) is 0 Å². The molecule has 1 unspecified atom stereocenters. The molecule has 0 radical (unpaired) electrons. The average molecular weight is 310 g/mol. The summed E-state index contributed by atoms with van der Waals surface area (Å²) in [6.45, 7) is 3.62. The largest absolute Gasteiger partial charge is 0.335 e. The second-order valence-electron chi connectivity index (χ2n) is 5.73. The molecule has 0 aromatic heterocycles. The van der Waals surface area contributed by atoms with E-state index in [0.717, 1.165) is 4.90 Å². The molecule has 0 N–H and O–H groups in total. The lowest BCUT2D eigenvalue weighted by Gasteiger charge is -2.17. The minimum absolute atomic E-state index is 0.0191. The third-order valence-corrected chi connectivity index (χ3v) is 3.82. The van der Waals surface area contributed by atoms with E-state index in [2.05, 4.69) is 4.84 Å². The second kappa shape index (κ2) is 6.25. The Hall–Kier alpha value is -2.25. The minimum atomic E-state index is -0.822. The number of hydroxylamine groups is 2. The van der Waals surface area contributed by atoms with Gasteiger partial charge in [-0.3, -0.25) is 24.1 Å². The van der Waals surface area contributed by atoms with Gasteiger partial charge in [-0.05, 0) is 5.92 Å². The standard InChI is InChI=1S/C14H18N2O6/c1-8(2)9-7-12(19)15(14(9)21)6-5-13(20)22-16-10(17)3-4-11(16)18/h8-9H,3-7H2,1-2H3. The van der Waals surface area contributed by atoms with Gasteiger partial charge >= 0.3 is 5.97 Å². The molecule has 8 heteroatoms. The van der Waals surface area contributed by atoms with Crippen molar-refractivity contribution in [2.45, 2.75) is 39.5 Å². The molecular formula is C14H18N2O6. The number of imide groups is 2. The summed E-state index contributed by atoms with van der Waals surface area (Å²) in [6.07, 6.45) is -0.0649. The van der Waals surface area contributed by atoms with E-state index in [0.29, 0.717) is 5.06 Å². The van der Waals surface area contributed by atoms with Gasteiger partial charge in [0.2, 0.25) is 11.8 Å². The molecule has 2 aliphatic rings. The van der Waals surface area contributed by atoms with E-state index in [1.165, 1.54) is 0 Å².